The van der Waals surface area contributed by atoms with Crippen molar-refractivity contribution in [2.45, 2.75) is 38.1 Å². The quantitative estimate of drug-likeness (QED) is 0.890. The number of rotatable bonds is 3. The van der Waals surface area contributed by atoms with Crippen molar-refractivity contribution < 1.29 is 0 Å². The molecule has 1 fully saturated rings. The lowest BCUT2D eigenvalue weighted by molar-refractivity contribution is 0.300. The summed E-state index contributed by atoms with van der Waals surface area (Å²) in [5.41, 5.74) is 1.47. The minimum Gasteiger partial charge on any atom is -0.317 e. The first-order valence-corrected chi connectivity index (χ1v) is 6.99. The second-order valence-electron chi connectivity index (χ2n) is 4.84. The Balaban J connectivity index is 1.87. The normalized spacial score (nSPS) is 25.6. The van der Waals surface area contributed by atoms with Crippen LogP contribution in [0.1, 0.15) is 31.2 Å². The number of benzene rings is 1. The van der Waals surface area contributed by atoms with Crippen LogP contribution in [-0.2, 0) is 6.42 Å². The molecule has 16 heavy (non-hydrogen) atoms. The fraction of sp³-hybridized carbons (Fsp3) is 0.571. The van der Waals surface area contributed by atoms with Crippen molar-refractivity contribution in [3.8, 4) is 0 Å². The molecule has 2 heteroatoms. The smallest absolute Gasteiger partial charge is 0.0177 e. The van der Waals surface area contributed by atoms with Crippen molar-refractivity contribution in [2.75, 3.05) is 7.05 Å². The van der Waals surface area contributed by atoms with E-state index >= 15 is 0 Å². The maximum atomic E-state index is 3.54. The zero-order valence-corrected chi connectivity index (χ0v) is 11.5. The molecule has 0 unspecified atom stereocenters. The molecule has 0 aromatic heterocycles. The Kier molecular flexibility index (Phi) is 4.42. The molecule has 1 nitrogen and oxygen atoms in total. The zero-order valence-electron chi connectivity index (χ0n) is 9.88. The number of hydrogen-bond acceptors (Lipinski definition) is 1. The molecule has 88 valence electrons. The molecule has 0 saturated heterocycles. The SMILES string of the molecule is CNC1CCC(Cc2cccc(Br)c2)CC1. The molecule has 0 bridgehead atoms. The van der Waals surface area contributed by atoms with Gasteiger partial charge in [-0.1, -0.05) is 28.1 Å². The Morgan fingerprint density at radius 3 is 2.62 bits per heavy atom. The molecule has 2 rings (SSSR count). The van der Waals surface area contributed by atoms with E-state index in [1.54, 1.807) is 0 Å². The van der Waals surface area contributed by atoms with Crippen LogP contribution in [0.3, 0.4) is 0 Å². The molecule has 0 heterocycles. The predicted molar refractivity (Wildman–Crippen MR) is 72.7 cm³/mol. The first-order chi connectivity index (χ1) is 7.78. The first-order valence-electron chi connectivity index (χ1n) is 6.19. The molecule has 1 aromatic carbocycles. The van der Waals surface area contributed by atoms with Gasteiger partial charge in [0.25, 0.3) is 0 Å². The van der Waals surface area contributed by atoms with Crippen LogP contribution < -0.4 is 5.32 Å². The molecule has 0 atom stereocenters. The van der Waals surface area contributed by atoms with Crippen LogP contribution in [0.5, 0.6) is 0 Å². The van der Waals surface area contributed by atoms with Crippen LogP contribution in [0.25, 0.3) is 0 Å². The second kappa shape index (κ2) is 5.83. The molecule has 1 saturated carbocycles. The van der Waals surface area contributed by atoms with Gasteiger partial charge in [-0.3, -0.25) is 0 Å². The summed E-state index contributed by atoms with van der Waals surface area (Å²) < 4.78 is 1.20. The van der Waals surface area contributed by atoms with E-state index in [2.05, 4.69) is 52.6 Å². The molecule has 0 spiro atoms. The van der Waals surface area contributed by atoms with Gasteiger partial charge in [0.15, 0.2) is 0 Å². The van der Waals surface area contributed by atoms with Crippen LogP contribution >= 0.6 is 15.9 Å². The van der Waals surface area contributed by atoms with E-state index in [9.17, 15) is 0 Å². The molecule has 1 aromatic rings. The Morgan fingerprint density at radius 1 is 1.25 bits per heavy atom. The minimum absolute atomic E-state index is 0.763. The molecular weight excluding hydrogens is 262 g/mol. The van der Waals surface area contributed by atoms with Crippen molar-refractivity contribution in [3.05, 3.63) is 34.3 Å². The fourth-order valence-electron chi connectivity index (χ4n) is 2.65. The van der Waals surface area contributed by atoms with E-state index in [-0.39, 0.29) is 0 Å². The van der Waals surface area contributed by atoms with Crippen molar-refractivity contribution >= 4 is 15.9 Å². The van der Waals surface area contributed by atoms with Crippen LogP contribution in [0.4, 0.5) is 0 Å². The molecule has 0 radical (unpaired) electrons. The third kappa shape index (κ3) is 3.33. The van der Waals surface area contributed by atoms with E-state index in [4.69, 9.17) is 0 Å². The van der Waals surface area contributed by atoms with E-state index in [0.29, 0.717) is 0 Å². The molecule has 0 amide bonds. The van der Waals surface area contributed by atoms with Crippen LogP contribution in [-0.4, -0.2) is 13.1 Å². The van der Waals surface area contributed by atoms with Gasteiger partial charge in [-0.05, 0) is 62.8 Å². The number of hydrogen-bond donors (Lipinski definition) is 1. The Morgan fingerprint density at radius 2 is 2.00 bits per heavy atom. The highest BCUT2D eigenvalue weighted by atomic mass is 79.9. The standard InChI is InChI=1S/C14H20BrN/c1-16-14-7-5-11(6-8-14)9-12-3-2-4-13(15)10-12/h2-4,10-11,14,16H,5-9H2,1H3. The fourth-order valence-corrected chi connectivity index (χ4v) is 3.10. The average Bonchev–Trinajstić information content (AvgIpc) is 2.30. The third-order valence-corrected chi connectivity index (χ3v) is 4.16. The average molecular weight is 282 g/mol. The maximum Gasteiger partial charge on any atom is 0.0177 e. The highest BCUT2D eigenvalue weighted by Gasteiger charge is 2.19. The lowest BCUT2D eigenvalue weighted by atomic mass is 9.82. The monoisotopic (exact) mass is 281 g/mol. The van der Waals surface area contributed by atoms with Gasteiger partial charge < -0.3 is 5.32 Å². The lowest BCUT2D eigenvalue weighted by Crippen LogP contribution is -2.30. The molecule has 0 aliphatic heterocycles. The summed E-state index contributed by atoms with van der Waals surface area (Å²) in [6.45, 7) is 0. The third-order valence-electron chi connectivity index (χ3n) is 3.67. The predicted octanol–water partition coefficient (Wildman–Crippen LogP) is 3.77. The Hall–Kier alpha value is -0.340. The van der Waals surface area contributed by atoms with E-state index in [1.807, 2.05) is 0 Å². The zero-order chi connectivity index (χ0) is 11.4. The van der Waals surface area contributed by atoms with Crippen LogP contribution in [0.15, 0.2) is 28.7 Å². The van der Waals surface area contributed by atoms with Crippen LogP contribution in [0.2, 0.25) is 0 Å². The van der Waals surface area contributed by atoms with E-state index in [1.165, 1.54) is 42.1 Å². The highest BCUT2D eigenvalue weighted by Crippen LogP contribution is 2.27. The van der Waals surface area contributed by atoms with Gasteiger partial charge in [-0.2, -0.15) is 0 Å². The van der Waals surface area contributed by atoms with Crippen molar-refractivity contribution in [1.82, 2.24) is 5.32 Å². The van der Waals surface area contributed by atoms with Gasteiger partial charge in [0.2, 0.25) is 0 Å². The Bertz CT molecular complexity index is 329. The molecule has 1 aliphatic rings. The second-order valence-corrected chi connectivity index (χ2v) is 5.76. The van der Waals surface area contributed by atoms with Gasteiger partial charge in [0, 0.05) is 10.5 Å². The Labute approximate surface area is 107 Å². The van der Waals surface area contributed by atoms with E-state index < -0.39 is 0 Å². The molecule has 1 N–H and O–H groups in total. The number of halogens is 1. The van der Waals surface area contributed by atoms with Gasteiger partial charge in [-0.15, -0.1) is 0 Å². The summed E-state index contributed by atoms with van der Waals surface area (Å²) in [6.07, 6.45) is 6.68. The van der Waals surface area contributed by atoms with Gasteiger partial charge in [-0.25, -0.2) is 0 Å². The van der Waals surface area contributed by atoms with Gasteiger partial charge in [0.05, 0.1) is 0 Å². The topological polar surface area (TPSA) is 12.0 Å². The summed E-state index contributed by atoms with van der Waals surface area (Å²) in [7, 11) is 2.08. The van der Waals surface area contributed by atoms with Gasteiger partial charge >= 0.3 is 0 Å². The van der Waals surface area contributed by atoms with Crippen molar-refractivity contribution in [2.24, 2.45) is 5.92 Å². The molecular formula is C14H20BrN. The maximum absolute atomic E-state index is 3.54. The van der Waals surface area contributed by atoms with Crippen molar-refractivity contribution in [3.63, 3.8) is 0 Å². The minimum atomic E-state index is 0.763. The first kappa shape index (κ1) is 12.1. The largest absolute Gasteiger partial charge is 0.317 e. The lowest BCUT2D eigenvalue weighted by Gasteiger charge is -2.28. The molecule has 1 aliphatic carbocycles. The van der Waals surface area contributed by atoms with E-state index in [0.717, 1.165) is 12.0 Å². The summed E-state index contributed by atoms with van der Waals surface area (Å²) in [5.74, 6) is 0.888. The summed E-state index contributed by atoms with van der Waals surface area (Å²) in [5, 5.41) is 3.39. The number of nitrogens with one attached hydrogen (secondary N) is 1. The summed E-state index contributed by atoms with van der Waals surface area (Å²) in [6, 6.07) is 9.50. The van der Waals surface area contributed by atoms with Gasteiger partial charge in [0.1, 0.15) is 0 Å². The highest BCUT2D eigenvalue weighted by molar-refractivity contribution is 9.10. The van der Waals surface area contributed by atoms with Crippen LogP contribution in [0, 0.1) is 5.92 Å². The summed E-state index contributed by atoms with van der Waals surface area (Å²) in [4.78, 5) is 0. The van der Waals surface area contributed by atoms with Crippen molar-refractivity contribution in [1.29, 1.82) is 0 Å². The summed E-state index contributed by atoms with van der Waals surface area (Å²) >= 11 is 3.54.